The average Bonchev–Trinajstić information content (AvgIpc) is 2.92. The van der Waals surface area contributed by atoms with E-state index in [0.29, 0.717) is 23.0 Å². The first-order valence-corrected chi connectivity index (χ1v) is 14.5. The monoisotopic (exact) mass is 533 g/mol. The molecule has 6 heteroatoms. The lowest BCUT2D eigenvalue weighted by atomic mass is 9.67. The Morgan fingerprint density at radius 3 is 2.03 bits per heavy atom. The summed E-state index contributed by atoms with van der Waals surface area (Å²) in [6.07, 6.45) is 15.0. The average molecular weight is 534 g/mol. The van der Waals surface area contributed by atoms with E-state index in [0.717, 1.165) is 37.5 Å². The Bertz CT molecular complexity index is 1010. The maximum absolute atomic E-state index is 14.8. The van der Waals surface area contributed by atoms with Crippen LogP contribution in [0.15, 0.2) is 24.3 Å². The first-order chi connectivity index (χ1) is 18.4. The molecule has 2 nitrogen and oxygen atoms in total. The van der Waals surface area contributed by atoms with Crippen LogP contribution in [0, 0.1) is 35.5 Å². The summed E-state index contributed by atoms with van der Waals surface area (Å²) < 4.78 is 64.9. The van der Waals surface area contributed by atoms with Crippen molar-refractivity contribution in [2.75, 3.05) is 0 Å². The Morgan fingerprint density at radius 2 is 1.45 bits per heavy atom. The molecule has 2 saturated carbocycles. The van der Waals surface area contributed by atoms with E-state index < -0.39 is 18.2 Å². The summed E-state index contributed by atoms with van der Waals surface area (Å²) >= 11 is 0. The third-order valence-corrected chi connectivity index (χ3v) is 8.80. The lowest BCUT2D eigenvalue weighted by Gasteiger charge is -2.38. The first-order valence-electron chi connectivity index (χ1n) is 14.5. The van der Waals surface area contributed by atoms with Gasteiger partial charge in [0, 0.05) is 17.2 Å². The van der Waals surface area contributed by atoms with Crippen LogP contribution in [0.2, 0.25) is 0 Å². The summed E-state index contributed by atoms with van der Waals surface area (Å²) in [7, 11) is 0. The summed E-state index contributed by atoms with van der Waals surface area (Å²) in [6.45, 7) is 1.11. The predicted molar refractivity (Wildman–Crippen MR) is 142 cm³/mol. The number of unbranched alkanes of at least 4 members (excludes halogenated alkanes) is 2. The molecule has 0 saturated heterocycles. The van der Waals surface area contributed by atoms with Crippen LogP contribution >= 0.6 is 0 Å². The second-order valence-corrected chi connectivity index (χ2v) is 11.2. The summed E-state index contributed by atoms with van der Waals surface area (Å²) in [6, 6.07) is 8.43. The molecule has 0 unspecified atom stereocenters. The fourth-order valence-electron chi connectivity index (χ4n) is 6.66. The number of hydrogen-bond acceptors (Lipinski definition) is 2. The maximum atomic E-state index is 14.8. The molecule has 0 spiro atoms. The fourth-order valence-corrected chi connectivity index (χ4v) is 6.66. The molecular formula is C32H41F4O2. The molecule has 0 aromatic heterocycles. The molecule has 2 aromatic rings. The summed E-state index contributed by atoms with van der Waals surface area (Å²) in [4.78, 5) is 0. The highest BCUT2D eigenvalue weighted by Crippen LogP contribution is 2.47. The summed E-state index contributed by atoms with van der Waals surface area (Å²) in [5.41, 5.74) is 0.777. The molecule has 209 valence electrons. The van der Waals surface area contributed by atoms with Crippen LogP contribution in [0.4, 0.5) is 17.6 Å². The zero-order valence-electron chi connectivity index (χ0n) is 22.7. The molecular weight excluding hydrogens is 492 g/mol. The van der Waals surface area contributed by atoms with Gasteiger partial charge in [0.05, 0.1) is 0 Å². The van der Waals surface area contributed by atoms with Crippen LogP contribution in [-0.2, 0) is 6.42 Å². The van der Waals surface area contributed by atoms with Gasteiger partial charge in [-0.1, -0.05) is 52.4 Å². The van der Waals surface area contributed by atoms with Gasteiger partial charge in [-0.15, -0.1) is 0 Å². The topological polar surface area (TPSA) is 18.5 Å². The SMILES string of the molecule is CCCCC[C@H]1CC[C@H]([C@H]2CC[C@H](c3[c]c(F)c(F)c(CC)c3Oc3ccc(OC(F)F)cc3)CC2)CC1. The zero-order valence-corrected chi connectivity index (χ0v) is 22.7. The van der Waals surface area contributed by atoms with E-state index in [2.05, 4.69) is 17.7 Å². The quantitative estimate of drug-likeness (QED) is 0.211. The highest BCUT2D eigenvalue weighted by Gasteiger charge is 2.33. The van der Waals surface area contributed by atoms with E-state index in [9.17, 15) is 17.6 Å². The second-order valence-electron chi connectivity index (χ2n) is 11.2. The molecule has 2 aromatic carbocycles. The van der Waals surface area contributed by atoms with E-state index in [1.54, 1.807) is 6.92 Å². The third-order valence-electron chi connectivity index (χ3n) is 8.80. The van der Waals surface area contributed by atoms with Gasteiger partial charge in [0.15, 0.2) is 11.6 Å². The first kappa shape index (κ1) is 28.8. The minimum atomic E-state index is -2.92. The van der Waals surface area contributed by atoms with Gasteiger partial charge in [0.2, 0.25) is 0 Å². The lowest BCUT2D eigenvalue weighted by molar-refractivity contribution is -0.0498. The van der Waals surface area contributed by atoms with Gasteiger partial charge in [-0.05, 0) is 92.9 Å². The van der Waals surface area contributed by atoms with Crippen LogP contribution in [0.1, 0.15) is 108 Å². The Balaban J connectivity index is 1.43. The van der Waals surface area contributed by atoms with E-state index in [1.165, 1.54) is 75.6 Å². The molecule has 1 radical (unpaired) electrons. The van der Waals surface area contributed by atoms with Crippen LogP contribution in [0.5, 0.6) is 17.2 Å². The third kappa shape index (κ3) is 7.24. The van der Waals surface area contributed by atoms with E-state index in [4.69, 9.17) is 4.74 Å². The maximum Gasteiger partial charge on any atom is 0.387 e. The minimum Gasteiger partial charge on any atom is -0.457 e. The molecule has 2 fully saturated rings. The lowest BCUT2D eigenvalue weighted by Crippen LogP contribution is -2.25. The van der Waals surface area contributed by atoms with E-state index >= 15 is 0 Å². The molecule has 4 rings (SSSR count). The van der Waals surface area contributed by atoms with Crippen molar-refractivity contribution in [3.63, 3.8) is 0 Å². The van der Waals surface area contributed by atoms with Crippen molar-refractivity contribution in [3.05, 3.63) is 53.1 Å². The second kappa shape index (κ2) is 13.7. The van der Waals surface area contributed by atoms with Crippen LogP contribution in [0.25, 0.3) is 0 Å². The van der Waals surface area contributed by atoms with Crippen molar-refractivity contribution in [1.82, 2.24) is 0 Å². The number of rotatable bonds is 11. The van der Waals surface area contributed by atoms with Gasteiger partial charge < -0.3 is 9.47 Å². The highest BCUT2D eigenvalue weighted by molar-refractivity contribution is 5.47. The molecule has 38 heavy (non-hydrogen) atoms. The van der Waals surface area contributed by atoms with Gasteiger partial charge in [-0.25, -0.2) is 8.78 Å². The van der Waals surface area contributed by atoms with Gasteiger partial charge >= 0.3 is 6.61 Å². The number of hydrogen-bond donors (Lipinski definition) is 0. The minimum absolute atomic E-state index is 0.00783. The van der Waals surface area contributed by atoms with Gasteiger partial charge in [-0.3, -0.25) is 0 Å². The van der Waals surface area contributed by atoms with Crippen molar-refractivity contribution < 1.29 is 27.0 Å². The number of alkyl halides is 2. The van der Waals surface area contributed by atoms with Crippen molar-refractivity contribution in [1.29, 1.82) is 0 Å². The van der Waals surface area contributed by atoms with Crippen LogP contribution < -0.4 is 9.47 Å². The molecule has 0 bridgehead atoms. The Hall–Kier alpha value is -2.24. The Kier molecular flexibility index (Phi) is 10.4. The van der Waals surface area contributed by atoms with Crippen LogP contribution in [0.3, 0.4) is 0 Å². The standard InChI is InChI=1S/C32H41F4O2/c1-3-5-6-7-21-8-10-22(11-9-21)23-12-14-24(15-13-23)28-20-29(33)30(34)27(4-2)31(28)37-25-16-18-26(19-17-25)38-32(35)36/h16-19,21-24,32H,3-15H2,1-2H3/t21-,22-,23-,24-. The van der Waals surface area contributed by atoms with Gasteiger partial charge in [-0.2, -0.15) is 8.78 Å². The van der Waals surface area contributed by atoms with E-state index in [1.807, 2.05) is 0 Å². The predicted octanol–water partition coefficient (Wildman–Crippen LogP) is 10.4. The molecule has 0 aliphatic heterocycles. The highest BCUT2D eigenvalue weighted by atomic mass is 19.3. The molecule has 2 aliphatic carbocycles. The largest absolute Gasteiger partial charge is 0.457 e. The molecule has 0 atom stereocenters. The Labute approximate surface area is 225 Å². The molecule has 0 heterocycles. The van der Waals surface area contributed by atoms with Gasteiger partial charge in [0.1, 0.15) is 17.2 Å². The van der Waals surface area contributed by atoms with Crippen molar-refractivity contribution in [3.8, 4) is 17.2 Å². The number of halogens is 4. The normalized spacial score (nSPS) is 24.0. The molecule has 0 N–H and O–H groups in total. The summed E-state index contributed by atoms with van der Waals surface area (Å²) in [5.74, 6) is 1.20. The van der Waals surface area contributed by atoms with Gasteiger partial charge in [0.25, 0.3) is 0 Å². The zero-order chi connectivity index (χ0) is 27.1. The number of ether oxygens (including phenoxy) is 2. The van der Waals surface area contributed by atoms with Crippen molar-refractivity contribution >= 4 is 0 Å². The summed E-state index contributed by atoms with van der Waals surface area (Å²) in [5, 5.41) is 0. The molecule has 0 amide bonds. The number of benzene rings is 2. The van der Waals surface area contributed by atoms with Crippen molar-refractivity contribution in [2.45, 2.75) is 110 Å². The van der Waals surface area contributed by atoms with Crippen LogP contribution in [-0.4, -0.2) is 6.61 Å². The fraction of sp³-hybridized carbons (Fsp3) is 0.625. The van der Waals surface area contributed by atoms with E-state index in [-0.39, 0.29) is 23.7 Å². The smallest absolute Gasteiger partial charge is 0.387 e. The van der Waals surface area contributed by atoms with Crippen molar-refractivity contribution in [2.24, 2.45) is 17.8 Å². The molecule has 2 aliphatic rings. The Morgan fingerprint density at radius 1 is 0.842 bits per heavy atom.